The Morgan fingerprint density at radius 3 is 0.814 bits per heavy atom. The molecule has 14 aromatic carbocycles. The van der Waals surface area contributed by atoms with Gasteiger partial charge in [-0.3, -0.25) is 0 Å². The number of rotatable bonds is 6. The average Bonchev–Trinajstić information content (AvgIpc) is 2.38. The highest BCUT2D eigenvalue weighted by Gasteiger charge is 2.23. The van der Waals surface area contributed by atoms with Crippen molar-refractivity contribution in [1.82, 2.24) is 0 Å². The lowest BCUT2D eigenvalue weighted by Crippen LogP contribution is -2.09. The summed E-state index contributed by atoms with van der Waals surface area (Å²) in [6.07, 6.45) is 0. The summed E-state index contributed by atoms with van der Waals surface area (Å²) in [4.78, 5) is 4.51. The molecule has 0 saturated carbocycles. The molecule has 0 saturated heterocycles. The van der Waals surface area contributed by atoms with Gasteiger partial charge in [0.25, 0.3) is 0 Å². The van der Waals surface area contributed by atoms with E-state index in [2.05, 4.69) is 240 Å². The first-order valence-corrected chi connectivity index (χ1v) is 28.9. The van der Waals surface area contributed by atoms with Crippen LogP contribution >= 0.6 is 0 Å². The lowest BCUT2D eigenvalue weighted by molar-refractivity contribution is 0.668. The maximum absolute atomic E-state index is 6.89. The zero-order valence-electron chi connectivity index (χ0n) is 45.6. The summed E-state index contributed by atoms with van der Waals surface area (Å²) in [6, 6.07) is 89.5. The van der Waals surface area contributed by atoms with Gasteiger partial charge in [0, 0.05) is 146 Å². The Hall–Kier alpha value is -11.7. The van der Waals surface area contributed by atoms with Gasteiger partial charge in [-0.15, -0.1) is 0 Å². The first-order valence-electron chi connectivity index (χ1n) is 28.9. The quantitative estimate of drug-likeness (QED) is 0.163. The second-order valence-corrected chi connectivity index (χ2v) is 22.7. The van der Waals surface area contributed by atoms with E-state index < -0.39 is 0 Å². The Labute approximate surface area is 486 Å². The molecule has 0 amide bonds. The van der Waals surface area contributed by atoms with Crippen LogP contribution in [-0.4, -0.2) is 0 Å². The molecular weight excluding hydrogens is 1060 g/mol. The molecule has 8 heteroatoms. The standard InChI is InChI=1S/C78H42N2O6/c1-3-11-53-43(9-1)17-25-63-59-29-21-51(41-75(59)85-77(53)63)79(47-19-27-57-55-13-5-7-15-67(55)81-71(57)37-47)49-23-31-61-65-33-45-36-70-66(34-46(45)35-69(65)83-73(61)39-49)62-32-24-50(40-74(62)84-70)80(48-20-28-58-56-14-6-8-16-68(56)82-72(58)38-48)52-22-30-60-64-26-18-44-10-2-4-12-54(44)78(64)86-76(60)42-52/h1-42H. The Bertz CT molecular complexity index is 5940. The predicted molar refractivity (Wildman–Crippen MR) is 352 cm³/mol. The van der Waals surface area contributed by atoms with Gasteiger partial charge in [-0.25, -0.2) is 0 Å². The van der Waals surface area contributed by atoms with Crippen molar-refractivity contribution in [2.75, 3.05) is 9.80 Å². The highest BCUT2D eigenvalue weighted by molar-refractivity contribution is 6.19. The minimum Gasteiger partial charge on any atom is -0.456 e. The minimum absolute atomic E-state index is 0.776. The van der Waals surface area contributed by atoms with Crippen molar-refractivity contribution in [2.24, 2.45) is 0 Å². The van der Waals surface area contributed by atoms with Crippen LogP contribution in [0.25, 0.3) is 164 Å². The Kier molecular flexibility index (Phi) is 9.03. The van der Waals surface area contributed by atoms with E-state index in [9.17, 15) is 0 Å². The minimum atomic E-state index is 0.776. The van der Waals surface area contributed by atoms with E-state index in [0.29, 0.717) is 0 Å². The molecule has 20 rings (SSSR count). The summed E-state index contributed by atoms with van der Waals surface area (Å²) >= 11 is 0. The van der Waals surface area contributed by atoms with Gasteiger partial charge in [-0.05, 0) is 143 Å². The fourth-order valence-electron chi connectivity index (χ4n) is 13.9. The van der Waals surface area contributed by atoms with Crippen LogP contribution in [-0.2, 0) is 0 Å². The summed E-state index contributed by atoms with van der Waals surface area (Å²) < 4.78 is 40.2. The van der Waals surface area contributed by atoms with Gasteiger partial charge in [-0.2, -0.15) is 0 Å². The molecule has 0 aliphatic rings. The molecule has 6 aromatic heterocycles. The van der Waals surface area contributed by atoms with Crippen LogP contribution in [0.1, 0.15) is 0 Å². The zero-order chi connectivity index (χ0) is 55.9. The number of furan rings is 6. The van der Waals surface area contributed by atoms with E-state index in [-0.39, 0.29) is 0 Å². The van der Waals surface area contributed by atoms with Crippen molar-refractivity contribution in [1.29, 1.82) is 0 Å². The molecule has 0 N–H and O–H groups in total. The number of para-hydroxylation sites is 2. The first-order chi connectivity index (χ1) is 42.5. The van der Waals surface area contributed by atoms with Crippen LogP contribution < -0.4 is 9.80 Å². The van der Waals surface area contributed by atoms with Crippen molar-refractivity contribution >= 4 is 198 Å². The summed E-state index contributed by atoms with van der Waals surface area (Å²) in [6.45, 7) is 0. The average molecular weight is 1100 g/mol. The third kappa shape index (κ3) is 6.57. The third-order valence-electron chi connectivity index (χ3n) is 18.0. The fourth-order valence-corrected chi connectivity index (χ4v) is 13.9. The number of hydrogen-bond donors (Lipinski definition) is 0. The summed E-state index contributed by atoms with van der Waals surface area (Å²) in [7, 11) is 0. The van der Waals surface area contributed by atoms with Gasteiger partial charge in [0.15, 0.2) is 0 Å². The number of fused-ring (bicyclic) bond motifs is 23. The molecule has 0 bridgehead atoms. The van der Waals surface area contributed by atoms with Crippen LogP contribution in [0.2, 0.25) is 0 Å². The zero-order valence-corrected chi connectivity index (χ0v) is 45.6. The molecule has 0 aliphatic heterocycles. The van der Waals surface area contributed by atoms with Gasteiger partial charge in [-0.1, -0.05) is 97.1 Å². The molecule has 0 fully saturated rings. The van der Waals surface area contributed by atoms with Crippen LogP contribution in [0.3, 0.4) is 0 Å². The lowest BCUT2D eigenvalue weighted by Gasteiger charge is -2.25. The molecule has 8 nitrogen and oxygen atoms in total. The van der Waals surface area contributed by atoms with E-state index in [1.54, 1.807) is 0 Å². The Balaban J connectivity index is 0.704. The van der Waals surface area contributed by atoms with Gasteiger partial charge in [0.1, 0.15) is 67.0 Å². The van der Waals surface area contributed by atoms with E-state index >= 15 is 0 Å². The van der Waals surface area contributed by atoms with Crippen molar-refractivity contribution in [2.45, 2.75) is 0 Å². The highest BCUT2D eigenvalue weighted by atomic mass is 16.3. The SMILES string of the molecule is c1ccc2c(c1)ccc1c3ccc(N(c4ccc5c(c4)oc4ccccc45)c4ccc5c(c4)oc4cc6cc7c(cc6cc45)oc4cc(N(c5ccc6c(c5)oc5ccccc56)c5ccc6c(c5)oc5c8ccccc8ccc65)ccc47)cc3oc21. The molecule has 0 atom stereocenters. The van der Waals surface area contributed by atoms with E-state index in [0.717, 1.165) is 198 Å². The maximum Gasteiger partial charge on any atom is 0.143 e. The van der Waals surface area contributed by atoms with Crippen LogP contribution in [0, 0.1) is 0 Å². The predicted octanol–water partition coefficient (Wildman–Crippen LogP) is 23.5. The van der Waals surface area contributed by atoms with Gasteiger partial charge >= 0.3 is 0 Å². The number of hydrogen-bond acceptors (Lipinski definition) is 8. The highest BCUT2D eigenvalue weighted by Crippen LogP contribution is 2.47. The monoisotopic (exact) mass is 1100 g/mol. The molecule has 6 heterocycles. The van der Waals surface area contributed by atoms with E-state index in [4.69, 9.17) is 26.5 Å². The molecule has 0 aliphatic carbocycles. The summed E-state index contributed by atoms with van der Waals surface area (Å²) in [5.74, 6) is 0. The summed E-state index contributed by atoms with van der Waals surface area (Å²) in [5.41, 5.74) is 15.5. The molecule has 400 valence electrons. The van der Waals surface area contributed by atoms with E-state index in [1.807, 2.05) is 24.3 Å². The molecule has 0 unspecified atom stereocenters. The summed E-state index contributed by atoms with van der Waals surface area (Å²) in [5, 5.41) is 19.3. The second-order valence-electron chi connectivity index (χ2n) is 22.7. The topological polar surface area (TPSA) is 85.3 Å². The first kappa shape index (κ1) is 45.8. The molecule has 0 spiro atoms. The van der Waals surface area contributed by atoms with Crippen molar-refractivity contribution in [3.63, 3.8) is 0 Å². The maximum atomic E-state index is 6.89. The van der Waals surface area contributed by atoms with Crippen LogP contribution in [0.5, 0.6) is 0 Å². The molecule has 0 radical (unpaired) electrons. The van der Waals surface area contributed by atoms with Crippen LogP contribution in [0.4, 0.5) is 34.1 Å². The Morgan fingerprint density at radius 1 is 0.163 bits per heavy atom. The van der Waals surface area contributed by atoms with Gasteiger partial charge in [0.05, 0.1) is 0 Å². The van der Waals surface area contributed by atoms with Crippen LogP contribution in [0.15, 0.2) is 281 Å². The van der Waals surface area contributed by atoms with Crippen molar-refractivity contribution in [3.8, 4) is 0 Å². The molecule has 86 heavy (non-hydrogen) atoms. The van der Waals surface area contributed by atoms with E-state index in [1.165, 1.54) is 0 Å². The molecule has 20 aromatic rings. The largest absolute Gasteiger partial charge is 0.456 e. The smallest absolute Gasteiger partial charge is 0.143 e. The third-order valence-corrected chi connectivity index (χ3v) is 18.0. The lowest BCUT2D eigenvalue weighted by atomic mass is 10.0. The van der Waals surface area contributed by atoms with Crippen molar-refractivity contribution in [3.05, 3.63) is 255 Å². The number of nitrogens with zero attached hydrogens (tertiary/aromatic N) is 2. The van der Waals surface area contributed by atoms with Crippen molar-refractivity contribution < 1.29 is 26.5 Å². The number of anilines is 6. The van der Waals surface area contributed by atoms with Gasteiger partial charge < -0.3 is 36.3 Å². The normalized spacial score (nSPS) is 12.4. The Morgan fingerprint density at radius 2 is 0.430 bits per heavy atom. The second kappa shape index (κ2) is 16.9. The number of benzene rings is 14. The fraction of sp³-hybridized carbons (Fsp3) is 0. The van der Waals surface area contributed by atoms with Gasteiger partial charge in [0.2, 0.25) is 0 Å². The molecular formula is C78H42N2O6.